The van der Waals surface area contributed by atoms with Crippen molar-refractivity contribution in [2.75, 3.05) is 11.6 Å². The Morgan fingerprint density at radius 1 is 1.62 bits per heavy atom. The minimum atomic E-state index is 0.778. The Bertz CT molecular complexity index is 66.9. The predicted molar refractivity (Wildman–Crippen MR) is 39.1 cm³/mol. The predicted octanol–water partition coefficient (Wildman–Crippen LogP) is 1.30. The van der Waals surface area contributed by atoms with Gasteiger partial charge in [0.2, 0.25) is 0 Å². The first kappa shape index (κ1) is 6.43. The largest absolute Gasteiger partial charge is 0.304 e. The Morgan fingerprint density at radius 2 is 2.38 bits per heavy atom. The minimum absolute atomic E-state index is 0.778. The van der Waals surface area contributed by atoms with E-state index in [1.54, 1.807) is 0 Å². The lowest BCUT2D eigenvalue weighted by Crippen LogP contribution is -2.28. The van der Waals surface area contributed by atoms with E-state index in [-0.39, 0.29) is 0 Å². The van der Waals surface area contributed by atoms with E-state index >= 15 is 0 Å². The summed E-state index contributed by atoms with van der Waals surface area (Å²) in [7, 11) is 0. The molecule has 1 heterocycles. The maximum Gasteiger partial charge on any atom is 0.0420 e. The zero-order valence-corrected chi connectivity index (χ0v) is 6.29. The van der Waals surface area contributed by atoms with Gasteiger partial charge < -0.3 is 5.32 Å². The van der Waals surface area contributed by atoms with Crippen LogP contribution in [0.5, 0.6) is 0 Å². The number of thioether (sulfide) groups is 1. The van der Waals surface area contributed by atoms with Gasteiger partial charge in [0.05, 0.1) is 0 Å². The summed E-state index contributed by atoms with van der Waals surface area (Å²) in [5.74, 6) is 3.27. The molecule has 1 rings (SSSR count). The lowest BCUT2D eigenvalue weighted by atomic mass is 10.1. The SMILES string of the molecule is CC(C)C1CSCN1. The van der Waals surface area contributed by atoms with Crippen LogP contribution < -0.4 is 5.32 Å². The van der Waals surface area contributed by atoms with Crippen LogP contribution in [-0.2, 0) is 0 Å². The van der Waals surface area contributed by atoms with Crippen molar-refractivity contribution in [2.45, 2.75) is 19.9 Å². The van der Waals surface area contributed by atoms with Gasteiger partial charge in [0.25, 0.3) is 0 Å². The highest BCUT2D eigenvalue weighted by Crippen LogP contribution is 2.15. The average Bonchev–Trinajstić information content (AvgIpc) is 2.12. The molecule has 0 saturated carbocycles. The van der Waals surface area contributed by atoms with E-state index in [0.717, 1.165) is 17.8 Å². The Kier molecular flexibility index (Phi) is 2.20. The summed E-state index contributed by atoms with van der Waals surface area (Å²) in [6, 6.07) is 0.778. The molecule has 1 aliphatic heterocycles. The summed E-state index contributed by atoms with van der Waals surface area (Å²) in [5.41, 5.74) is 0. The lowest BCUT2D eigenvalue weighted by molar-refractivity contribution is 0.474. The van der Waals surface area contributed by atoms with Crippen LogP contribution in [0.3, 0.4) is 0 Å². The zero-order valence-electron chi connectivity index (χ0n) is 5.48. The fraction of sp³-hybridized carbons (Fsp3) is 1.00. The summed E-state index contributed by atoms with van der Waals surface area (Å²) >= 11 is 2.00. The first-order valence-electron chi connectivity index (χ1n) is 3.12. The van der Waals surface area contributed by atoms with Gasteiger partial charge in [-0.3, -0.25) is 0 Å². The molecule has 1 fully saturated rings. The Labute approximate surface area is 55.2 Å². The molecular weight excluding hydrogens is 118 g/mol. The van der Waals surface area contributed by atoms with Crippen molar-refractivity contribution in [3.63, 3.8) is 0 Å². The van der Waals surface area contributed by atoms with Gasteiger partial charge in [-0.1, -0.05) is 13.8 Å². The fourth-order valence-corrected chi connectivity index (χ4v) is 2.05. The molecule has 0 spiro atoms. The number of nitrogens with one attached hydrogen (secondary N) is 1. The molecule has 0 bridgehead atoms. The molecule has 0 aliphatic carbocycles. The summed E-state index contributed by atoms with van der Waals surface area (Å²) in [5, 5.41) is 3.42. The van der Waals surface area contributed by atoms with Crippen molar-refractivity contribution in [2.24, 2.45) is 5.92 Å². The Balaban J connectivity index is 2.24. The Morgan fingerprint density at radius 3 is 2.62 bits per heavy atom. The van der Waals surface area contributed by atoms with Gasteiger partial charge in [-0.05, 0) is 5.92 Å². The molecule has 0 aromatic heterocycles. The van der Waals surface area contributed by atoms with E-state index in [1.165, 1.54) is 5.75 Å². The van der Waals surface area contributed by atoms with E-state index in [0.29, 0.717) is 0 Å². The van der Waals surface area contributed by atoms with Crippen LogP contribution in [0.15, 0.2) is 0 Å². The van der Waals surface area contributed by atoms with Crippen LogP contribution in [0.1, 0.15) is 13.8 Å². The zero-order chi connectivity index (χ0) is 5.98. The highest BCUT2D eigenvalue weighted by molar-refractivity contribution is 7.99. The molecule has 1 nitrogen and oxygen atoms in total. The van der Waals surface area contributed by atoms with Crippen molar-refractivity contribution < 1.29 is 0 Å². The summed E-state index contributed by atoms with van der Waals surface area (Å²) in [6.07, 6.45) is 0. The van der Waals surface area contributed by atoms with Crippen LogP contribution in [0, 0.1) is 5.92 Å². The summed E-state index contributed by atoms with van der Waals surface area (Å²) < 4.78 is 0. The third-order valence-corrected chi connectivity index (χ3v) is 2.52. The van der Waals surface area contributed by atoms with Crippen LogP contribution in [0.2, 0.25) is 0 Å². The standard InChI is InChI=1S/C6H13NS/c1-5(2)6-3-8-4-7-6/h5-7H,3-4H2,1-2H3. The molecule has 0 aromatic carbocycles. The van der Waals surface area contributed by atoms with Gasteiger partial charge in [-0.25, -0.2) is 0 Å². The fourth-order valence-electron chi connectivity index (χ4n) is 0.839. The van der Waals surface area contributed by atoms with Crippen molar-refractivity contribution in [1.29, 1.82) is 0 Å². The van der Waals surface area contributed by atoms with E-state index in [1.807, 2.05) is 11.8 Å². The van der Waals surface area contributed by atoms with Gasteiger partial charge >= 0.3 is 0 Å². The van der Waals surface area contributed by atoms with E-state index in [9.17, 15) is 0 Å². The molecule has 0 radical (unpaired) electrons. The van der Waals surface area contributed by atoms with Crippen molar-refractivity contribution >= 4 is 11.8 Å². The summed E-state index contributed by atoms with van der Waals surface area (Å²) in [6.45, 7) is 4.53. The molecule has 8 heavy (non-hydrogen) atoms. The first-order chi connectivity index (χ1) is 3.80. The summed E-state index contributed by atoms with van der Waals surface area (Å²) in [4.78, 5) is 0. The topological polar surface area (TPSA) is 12.0 Å². The van der Waals surface area contributed by atoms with Crippen LogP contribution in [0.4, 0.5) is 0 Å². The molecule has 1 N–H and O–H groups in total. The normalized spacial score (nSPS) is 29.6. The van der Waals surface area contributed by atoms with Gasteiger partial charge in [-0.15, -0.1) is 11.8 Å². The van der Waals surface area contributed by atoms with Crippen LogP contribution in [-0.4, -0.2) is 17.7 Å². The van der Waals surface area contributed by atoms with E-state index < -0.39 is 0 Å². The average molecular weight is 131 g/mol. The van der Waals surface area contributed by atoms with Crippen molar-refractivity contribution in [1.82, 2.24) is 5.32 Å². The number of rotatable bonds is 1. The van der Waals surface area contributed by atoms with Crippen LogP contribution >= 0.6 is 11.8 Å². The molecule has 1 atom stereocenters. The smallest absolute Gasteiger partial charge is 0.0420 e. The molecule has 0 amide bonds. The highest BCUT2D eigenvalue weighted by atomic mass is 32.2. The van der Waals surface area contributed by atoms with Gasteiger partial charge in [0, 0.05) is 17.7 Å². The maximum atomic E-state index is 3.42. The molecule has 0 aromatic rings. The third kappa shape index (κ3) is 1.39. The van der Waals surface area contributed by atoms with Gasteiger partial charge in [0.15, 0.2) is 0 Å². The molecular formula is C6H13NS. The van der Waals surface area contributed by atoms with Gasteiger partial charge in [0.1, 0.15) is 0 Å². The molecule has 1 aliphatic rings. The molecule has 1 saturated heterocycles. The second kappa shape index (κ2) is 2.74. The highest BCUT2D eigenvalue weighted by Gasteiger charge is 2.16. The molecule has 48 valence electrons. The van der Waals surface area contributed by atoms with E-state index in [2.05, 4.69) is 19.2 Å². The lowest BCUT2D eigenvalue weighted by Gasteiger charge is -2.11. The van der Waals surface area contributed by atoms with Gasteiger partial charge in [-0.2, -0.15) is 0 Å². The third-order valence-electron chi connectivity index (χ3n) is 1.55. The van der Waals surface area contributed by atoms with Crippen molar-refractivity contribution in [3.8, 4) is 0 Å². The second-order valence-corrected chi connectivity index (χ2v) is 3.60. The van der Waals surface area contributed by atoms with Crippen LogP contribution in [0.25, 0.3) is 0 Å². The number of hydrogen-bond donors (Lipinski definition) is 1. The van der Waals surface area contributed by atoms with E-state index in [4.69, 9.17) is 0 Å². The molecule has 1 unspecified atom stereocenters. The second-order valence-electron chi connectivity index (χ2n) is 2.57. The molecule has 2 heteroatoms. The van der Waals surface area contributed by atoms with Crippen molar-refractivity contribution in [3.05, 3.63) is 0 Å². The first-order valence-corrected chi connectivity index (χ1v) is 4.27. The number of hydrogen-bond acceptors (Lipinski definition) is 2. The maximum absolute atomic E-state index is 3.42. The monoisotopic (exact) mass is 131 g/mol. The minimum Gasteiger partial charge on any atom is -0.304 e. The Hall–Kier alpha value is 0.310. The quantitative estimate of drug-likeness (QED) is 0.576.